The first kappa shape index (κ1) is 14.2. The smallest absolute Gasteiger partial charge is 0.417 e. The fourth-order valence-electron chi connectivity index (χ4n) is 1.61. The summed E-state index contributed by atoms with van der Waals surface area (Å²) in [6.07, 6.45) is -0.596. The number of methoxy groups -OCH3 is 1. The largest absolute Gasteiger partial charge is 0.497 e. The van der Waals surface area contributed by atoms with Crippen LogP contribution in [0.25, 0.3) is 0 Å². The molecule has 5 heteroatoms. The van der Waals surface area contributed by atoms with Crippen molar-refractivity contribution in [3.63, 3.8) is 0 Å². The summed E-state index contributed by atoms with van der Waals surface area (Å²) in [6, 6.07) is 12.1. The Morgan fingerprint density at radius 1 is 1.10 bits per heavy atom. The summed E-state index contributed by atoms with van der Waals surface area (Å²) < 4.78 is 10.2. The van der Waals surface area contributed by atoms with Gasteiger partial charge in [-0.1, -0.05) is 17.7 Å². The van der Waals surface area contributed by atoms with Crippen molar-refractivity contribution in [1.29, 1.82) is 0 Å². The van der Waals surface area contributed by atoms with Crippen molar-refractivity contribution < 1.29 is 14.3 Å². The van der Waals surface area contributed by atoms with E-state index >= 15 is 0 Å². The van der Waals surface area contributed by atoms with E-state index in [1.807, 2.05) is 13.0 Å². The van der Waals surface area contributed by atoms with Crippen molar-refractivity contribution in [1.82, 2.24) is 0 Å². The van der Waals surface area contributed by atoms with Crippen LogP contribution in [0.4, 0.5) is 10.5 Å². The molecule has 1 N–H and O–H groups in total. The van der Waals surface area contributed by atoms with Gasteiger partial charge in [-0.3, -0.25) is 5.32 Å². The van der Waals surface area contributed by atoms with Gasteiger partial charge in [0.15, 0.2) is 0 Å². The summed E-state index contributed by atoms with van der Waals surface area (Å²) in [5.41, 5.74) is 1.53. The van der Waals surface area contributed by atoms with Crippen LogP contribution in [0.2, 0.25) is 5.02 Å². The first-order chi connectivity index (χ1) is 9.58. The van der Waals surface area contributed by atoms with E-state index in [0.29, 0.717) is 22.2 Å². The molecule has 0 radical (unpaired) electrons. The molecular weight excluding hydrogens is 278 g/mol. The molecule has 0 fully saturated rings. The molecule has 0 aromatic heterocycles. The van der Waals surface area contributed by atoms with Crippen molar-refractivity contribution >= 4 is 23.4 Å². The zero-order valence-electron chi connectivity index (χ0n) is 11.1. The normalized spacial score (nSPS) is 9.95. The molecule has 0 aliphatic heterocycles. The maximum Gasteiger partial charge on any atom is 0.417 e. The predicted octanol–water partition coefficient (Wildman–Crippen LogP) is 4.27. The van der Waals surface area contributed by atoms with E-state index in [1.54, 1.807) is 43.5 Å². The van der Waals surface area contributed by atoms with E-state index in [4.69, 9.17) is 21.1 Å². The number of rotatable bonds is 3. The predicted molar refractivity (Wildman–Crippen MR) is 78.8 cm³/mol. The lowest BCUT2D eigenvalue weighted by Gasteiger charge is -2.09. The van der Waals surface area contributed by atoms with Crippen LogP contribution in [0, 0.1) is 6.92 Å². The van der Waals surface area contributed by atoms with Gasteiger partial charge in [0.25, 0.3) is 0 Å². The van der Waals surface area contributed by atoms with Gasteiger partial charge < -0.3 is 9.47 Å². The van der Waals surface area contributed by atoms with E-state index in [0.717, 1.165) is 5.56 Å². The summed E-state index contributed by atoms with van der Waals surface area (Å²) in [5.74, 6) is 1.12. The van der Waals surface area contributed by atoms with Crippen LogP contribution in [0.5, 0.6) is 11.5 Å². The molecule has 0 unspecified atom stereocenters. The minimum Gasteiger partial charge on any atom is -0.497 e. The van der Waals surface area contributed by atoms with Crippen LogP contribution in [0.1, 0.15) is 5.56 Å². The molecule has 0 spiro atoms. The molecule has 0 saturated heterocycles. The molecule has 0 atom stereocenters. The van der Waals surface area contributed by atoms with Crippen LogP contribution in [0.3, 0.4) is 0 Å². The highest BCUT2D eigenvalue weighted by Crippen LogP contribution is 2.23. The van der Waals surface area contributed by atoms with Gasteiger partial charge in [-0.15, -0.1) is 0 Å². The third-order valence-corrected chi connectivity index (χ3v) is 2.94. The Kier molecular flexibility index (Phi) is 4.48. The second-order valence-corrected chi connectivity index (χ2v) is 4.58. The monoisotopic (exact) mass is 291 g/mol. The maximum absolute atomic E-state index is 11.8. The Hall–Kier alpha value is -2.20. The molecule has 0 saturated carbocycles. The Labute approximate surface area is 122 Å². The molecule has 2 aromatic rings. The Morgan fingerprint density at radius 3 is 2.35 bits per heavy atom. The fourth-order valence-corrected chi connectivity index (χ4v) is 1.89. The molecule has 0 heterocycles. The third-order valence-electron chi connectivity index (χ3n) is 2.63. The number of carbonyl (C=O) groups excluding carboxylic acids is 1. The van der Waals surface area contributed by atoms with E-state index in [-0.39, 0.29) is 0 Å². The molecule has 0 aliphatic carbocycles. The van der Waals surface area contributed by atoms with E-state index < -0.39 is 6.09 Å². The summed E-state index contributed by atoms with van der Waals surface area (Å²) >= 11 is 6.03. The number of hydrogen-bond acceptors (Lipinski definition) is 3. The molecule has 2 rings (SSSR count). The van der Waals surface area contributed by atoms with Gasteiger partial charge >= 0.3 is 6.09 Å². The molecule has 0 bridgehead atoms. The maximum atomic E-state index is 11.8. The lowest BCUT2D eigenvalue weighted by Crippen LogP contribution is -2.16. The van der Waals surface area contributed by atoms with Gasteiger partial charge in [0.05, 0.1) is 17.8 Å². The molecule has 104 valence electrons. The van der Waals surface area contributed by atoms with Crippen molar-refractivity contribution in [2.75, 3.05) is 12.4 Å². The number of aryl methyl sites for hydroxylation is 1. The van der Waals surface area contributed by atoms with E-state index in [9.17, 15) is 4.79 Å². The minimum absolute atomic E-state index is 0.423. The Morgan fingerprint density at radius 2 is 1.75 bits per heavy atom. The lowest BCUT2D eigenvalue weighted by molar-refractivity contribution is 0.215. The number of nitrogens with one attached hydrogen (secondary N) is 1. The molecule has 20 heavy (non-hydrogen) atoms. The highest BCUT2D eigenvalue weighted by molar-refractivity contribution is 6.33. The van der Waals surface area contributed by atoms with Crippen LogP contribution in [-0.2, 0) is 0 Å². The molecule has 0 aliphatic rings. The van der Waals surface area contributed by atoms with Gasteiger partial charge in [-0.2, -0.15) is 0 Å². The number of hydrogen-bond donors (Lipinski definition) is 1. The summed E-state index contributed by atoms with van der Waals surface area (Å²) in [5, 5.41) is 3.06. The van der Waals surface area contributed by atoms with Gasteiger partial charge in [-0.05, 0) is 48.9 Å². The number of amides is 1. The second-order valence-electron chi connectivity index (χ2n) is 4.17. The third kappa shape index (κ3) is 3.65. The highest BCUT2D eigenvalue weighted by Gasteiger charge is 2.08. The van der Waals surface area contributed by atoms with Gasteiger partial charge in [0, 0.05) is 0 Å². The SMILES string of the molecule is COc1ccc(OC(=O)Nc2ccc(C)cc2Cl)cc1. The van der Waals surface area contributed by atoms with Crippen LogP contribution < -0.4 is 14.8 Å². The molecule has 2 aromatic carbocycles. The van der Waals surface area contributed by atoms with Crippen LogP contribution >= 0.6 is 11.6 Å². The number of halogens is 1. The zero-order chi connectivity index (χ0) is 14.5. The fraction of sp³-hybridized carbons (Fsp3) is 0.133. The number of carbonyl (C=O) groups is 1. The van der Waals surface area contributed by atoms with Crippen molar-refractivity contribution in [2.24, 2.45) is 0 Å². The summed E-state index contributed by atoms with van der Waals surface area (Å²) in [6.45, 7) is 1.92. The van der Waals surface area contributed by atoms with Gasteiger partial charge in [0.1, 0.15) is 11.5 Å². The number of benzene rings is 2. The number of ether oxygens (including phenoxy) is 2. The van der Waals surface area contributed by atoms with Gasteiger partial charge in [-0.25, -0.2) is 4.79 Å². The van der Waals surface area contributed by atoms with Crippen LogP contribution in [-0.4, -0.2) is 13.2 Å². The van der Waals surface area contributed by atoms with Crippen molar-refractivity contribution in [2.45, 2.75) is 6.92 Å². The average Bonchev–Trinajstić information content (AvgIpc) is 2.43. The lowest BCUT2D eigenvalue weighted by atomic mass is 10.2. The minimum atomic E-state index is -0.596. The average molecular weight is 292 g/mol. The second kappa shape index (κ2) is 6.30. The Balaban J connectivity index is 2.01. The summed E-state index contributed by atoms with van der Waals surface area (Å²) in [7, 11) is 1.57. The molecular formula is C15H14ClNO3. The van der Waals surface area contributed by atoms with Crippen molar-refractivity contribution in [3.05, 3.63) is 53.1 Å². The topological polar surface area (TPSA) is 47.6 Å². The van der Waals surface area contributed by atoms with E-state index in [2.05, 4.69) is 5.32 Å². The van der Waals surface area contributed by atoms with Gasteiger partial charge in [0.2, 0.25) is 0 Å². The first-order valence-electron chi connectivity index (χ1n) is 5.97. The van der Waals surface area contributed by atoms with E-state index in [1.165, 1.54) is 0 Å². The van der Waals surface area contributed by atoms with Crippen LogP contribution in [0.15, 0.2) is 42.5 Å². The zero-order valence-corrected chi connectivity index (χ0v) is 11.9. The Bertz CT molecular complexity index is 611. The quantitative estimate of drug-likeness (QED) is 0.919. The molecule has 1 amide bonds. The van der Waals surface area contributed by atoms with Crippen molar-refractivity contribution in [3.8, 4) is 11.5 Å². The molecule has 4 nitrogen and oxygen atoms in total. The standard InChI is InChI=1S/C15H14ClNO3/c1-10-3-8-14(13(16)9-10)17-15(18)20-12-6-4-11(19-2)5-7-12/h3-9H,1-2H3,(H,17,18). The number of anilines is 1. The first-order valence-corrected chi connectivity index (χ1v) is 6.35. The highest BCUT2D eigenvalue weighted by atomic mass is 35.5. The summed E-state index contributed by atoms with van der Waals surface area (Å²) in [4.78, 5) is 11.8.